The highest BCUT2D eigenvalue weighted by molar-refractivity contribution is 9.10. The van der Waals surface area contributed by atoms with Crippen molar-refractivity contribution in [1.82, 2.24) is 0 Å². The predicted octanol–water partition coefficient (Wildman–Crippen LogP) is 4.60. The van der Waals surface area contributed by atoms with Gasteiger partial charge in [-0.1, -0.05) is 39.7 Å². The number of rotatable bonds is 3. The van der Waals surface area contributed by atoms with Gasteiger partial charge in [-0.25, -0.2) is 0 Å². The molecule has 0 amide bonds. The Bertz CT molecular complexity index is 533. The molecule has 0 aliphatic rings. The smallest absolute Gasteiger partial charge is 0.128 e. The Morgan fingerprint density at radius 1 is 1.06 bits per heavy atom. The molecule has 2 rings (SSSR count). The molecule has 0 fully saturated rings. The molecule has 0 saturated heterocycles. The van der Waals surface area contributed by atoms with Crippen LogP contribution in [0.25, 0.3) is 0 Å². The van der Waals surface area contributed by atoms with Crippen molar-refractivity contribution >= 4 is 15.9 Å². The van der Waals surface area contributed by atoms with Crippen LogP contribution in [0.5, 0.6) is 11.5 Å². The van der Waals surface area contributed by atoms with Crippen LogP contribution in [0.4, 0.5) is 0 Å². The number of hydrogen-bond acceptors (Lipinski definition) is 2. The first-order valence-corrected chi connectivity index (χ1v) is 6.57. The number of halogens is 1. The molecule has 0 bridgehead atoms. The predicted molar refractivity (Wildman–Crippen MR) is 76.0 cm³/mol. The molecule has 0 unspecified atom stereocenters. The van der Waals surface area contributed by atoms with Crippen molar-refractivity contribution < 1.29 is 9.84 Å². The van der Waals surface area contributed by atoms with E-state index in [0.29, 0.717) is 0 Å². The lowest BCUT2D eigenvalue weighted by molar-refractivity contribution is 0.198. The van der Waals surface area contributed by atoms with Gasteiger partial charge in [0.25, 0.3) is 0 Å². The van der Waals surface area contributed by atoms with Crippen LogP contribution in [0.15, 0.2) is 46.9 Å². The number of benzene rings is 2. The molecule has 0 saturated carbocycles. The Kier molecular flexibility index (Phi) is 4.04. The highest BCUT2D eigenvalue weighted by atomic mass is 79.9. The van der Waals surface area contributed by atoms with Gasteiger partial charge in [-0.15, -0.1) is 0 Å². The van der Waals surface area contributed by atoms with E-state index in [9.17, 15) is 5.11 Å². The van der Waals surface area contributed by atoms with Gasteiger partial charge in [-0.05, 0) is 43.7 Å². The first kappa shape index (κ1) is 13.1. The van der Waals surface area contributed by atoms with Crippen molar-refractivity contribution in [2.24, 2.45) is 0 Å². The Labute approximate surface area is 115 Å². The summed E-state index contributed by atoms with van der Waals surface area (Å²) >= 11 is 3.43. The third kappa shape index (κ3) is 3.12. The molecular weight excluding hydrogens is 292 g/mol. The molecule has 3 heteroatoms. The molecule has 0 aliphatic carbocycles. The number of hydrogen-bond donors (Lipinski definition) is 1. The molecule has 1 N–H and O–H groups in total. The molecule has 0 heterocycles. The zero-order valence-corrected chi connectivity index (χ0v) is 11.9. The maximum absolute atomic E-state index is 9.54. The number of aliphatic hydroxyl groups is 1. The van der Waals surface area contributed by atoms with E-state index in [0.717, 1.165) is 21.5 Å². The van der Waals surface area contributed by atoms with E-state index in [1.54, 1.807) is 6.92 Å². The first-order valence-electron chi connectivity index (χ1n) is 5.78. The molecular formula is C15H15BrO2. The van der Waals surface area contributed by atoms with E-state index in [2.05, 4.69) is 15.9 Å². The quantitative estimate of drug-likeness (QED) is 0.897. The summed E-state index contributed by atoms with van der Waals surface area (Å²) in [7, 11) is 0. The van der Waals surface area contributed by atoms with E-state index in [4.69, 9.17) is 4.74 Å². The van der Waals surface area contributed by atoms with Crippen LogP contribution in [-0.2, 0) is 0 Å². The standard InChI is InChI=1S/C15H15BrO2/c1-10-3-5-12(6-4-10)18-13-7-8-14(11(2)17)15(16)9-13/h3-9,11,17H,1-2H3/t11-/m1/s1. The highest BCUT2D eigenvalue weighted by Crippen LogP contribution is 2.30. The summed E-state index contributed by atoms with van der Waals surface area (Å²) in [5.74, 6) is 1.55. The number of aliphatic hydroxyl groups excluding tert-OH is 1. The van der Waals surface area contributed by atoms with Crippen molar-refractivity contribution in [3.63, 3.8) is 0 Å². The minimum Gasteiger partial charge on any atom is -0.457 e. The lowest BCUT2D eigenvalue weighted by Gasteiger charge is -2.10. The summed E-state index contributed by atoms with van der Waals surface area (Å²) in [4.78, 5) is 0. The minimum absolute atomic E-state index is 0.493. The summed E-state index contributed by atoms with van der Waals surface area (Å²) in [6.07, 6.45) is -0.493. The fourth-order valence-corrected chi connectivity index (χ4v) is 2.34. The first-order chi connectivity index (χ1) is 8.56. The topological polar surface area (TPSA) is 29.5 Å². The normalized spacial score (nSPS) is 12.2. The van der Waals surface area contributed by atoms with Gasteiger partial charge in [0, 0.05) is 4.47 Å². The summed E-state index contributed by atoms with van der Waals surface area (Å²) in [5, 5.41) is 9.54. The van der Waals surface area contributed by atoms with Crippen LogP contribution in [0, 0.1) is 6.92 Å². The molecule has 18 heavy (non-hydrogen) atoms. The Morgan fingerprint density at radius 3 is 2.22 bits per heavy atom. The third-order valence-corrected chi connectivity index (χ3v) is 3.37. The molecule has 2 nitrogen and oxygen atoms in total. The van der Waals surface area contributed by atoms with Gasteiger partial charge in [-0.2, -0.15) is 0 Å². The van der Waals surface area contributed by atoms with Gasteiger partial charge in [0.1, 0.15) is 11.5 Å². The lowest BCUT2D eigenvalue weighted by Crippen LogP contribution is -1.93. The van der Waals surface area contributed by atoms with Crippen LogP contribution >= 0.6 is 15.9 Å². The van der Waals surface area contributed by atoms with E-state index >= 15 is 0 Å². The molecule has 2 aromatic carbocycles. The average molecular weight is 307 g/mol. The van der Waals surface area contributed by atoms with Crippen LogP contribution in [0.1, 0.15) is 24.2 Å². The highest BCUT2D eigenvalue weighted by Gasteiger charge is 2.07. The minimum atomic E-state index is -0.493. The average Bonchev–Trinajstić information content (AvgIpc) is 2.32. The lowest BCUT2D eigenvalue weighted by atomic mass is 10.1. The fraction of sp³-hybridized carbons (Fsp3) is 0.200. The van der Waals surface area contributed by atoms with Crippen molar-refractivity contribution in [2.75, 3.05) is 0 Å². The van der Waals surface area contributed by atoms with Crippen molar-refractivity contribution in [3.05, 3.63) is 58.1 Å². The molecule has 0 aromatic heterocycles. The molecule has 2 aromatic rings. The van der Waals surface area contributed by atoms with Gasteiger partial charge in [0.05, 0.1) is 6.10 Å². The van der Waals surface area contributed by atoms with Gasteiger partial charge in [0.15, 0.2) is 0 Å². The monoisotopic (exact) mass is 306 g/mol. The van der Waals surface area contributed by atoms with E-state index in [-0.39, 0.29) is 0 Å². The Hall–Kier alpha value is -1.32. The second-order valence-corrected chi connectivity index (χ2v) is 5.13. The van der Waals surface area contributed by atoms with Gasteiger partial charge >= 0.3 is 0 Å². The fourth-order valence-electron chi connectivity index (χ4n) is 1.65. The molecule has 0 radical (unpaired) electrons. The van der Waals surface area contributed by atoms with Gasteiger partial charge in [-0.3, -0.25) is 0 Å². The van der Waals surface area contributed by atoms with E-state index in [1.807, 2.05) is 49.4 Å². The summed E-state index contributed by atoms with van der Waals surface area (Å²) in [5.41, 5.74) is 2.05. The van der Waals surface area contributed by atoms with Crippen LogP contribution in [0.2, 0.25) is 0 Å². The van der Waals surface area contributed by atoms with Crippen molar-refractivity contribution in [1.29, 1.82) is 0 Å². The Morgan fingerprint density at radius 2 is 1.67 bits per heavy atom. The van der Waals surface area contributed by atoms with E-state index < -0.39 is 6.10 Å². The second-order valence-electron chi connectivity index (χ2n) is 4.27. The summed E-state index contributed by atoms with van der Waals surface area (Å²) < 4.78 is 6.59. The maximum Gasteiger partial charge on any atom is 0.128 e. The SMILES string of the molecule is Cc1ccc(Oc2ccc([C@@H](C)O)c(Br)c2)cc1. The third-order valence-electron chi connectivity index (χ3n) is 2.68. The summed E-state index contributed by atoms with van der Waals surface area (Å²) in [6.45, 7) is 3.78. The van der Waals surface area contributed by atoms with Crippen LogP contribution in [-0.4, -0.2) is 5.11 Å². The van der Waals surface area contributed by atoms with Gasteiger partial charge in [0.2, 0.25) is 0 Å². The molecule has 0 spiro atoms. The van der Waals surface area contributed by atoms with E-state index in [1.165, 1.54) is 5.56 Å². The largest absolute Gasteiger partial charge is 0.457 e. The summed E-state index contributed by atoms with van der Waals surface area (Å²) in [6, 6.07) is 13.5. The molecule has 1 atom stereocenters. The zero-order valence-electron chi connectivity index (χ0n) is 10.4. The Balaban J connectivity index is 2.20. The van der Waals surface area contributed by atoms with Crippen molar-refractivity contribution in [3.8, 4) is 11.5 Å². The zero-order chi connectivity index (χ0) is 13.1. The second kappa shape index (κ2) is 5.55. The molecule has 0 aliphatic heterocycles. The van der Waals surface area contributed by atoms with Crippen LogP contribution < -0.4 is 4.74 Å². The maximum atomic E-state index is 9.54. The molecule has 94 valence electrons. The number of aryl methyl sites for hydroxylation is 1. The van der Waals surface area contributed by atoms with Gasteiger partial charge < -0.3 is 9.84 Å². The number of ether oxygens (including phenoxy) is 1. The van der Waals surface area contributed by atoms with Crippen molar-refractivity contribution in [2.45, 2.75) is 20.0 Å². The van der Waals surface area contributed by atoms with Crippen LogP contribution in [0.3, 0.4) is 0 Å².